The monoisotopic (exact) mass is 304 g/mol. The van der Waals surface area contributed by atoms with Gasteiger partial charge >= 0.3 is 0 Å². The molecule has 2 unspecified atom stereocenters. The quantitative estimate of drug-likeness (QED) is 0.631. The first-order valence-corrected chi connectivity index (χ1v) is 11.0. The van der Waals surface area contributed by atoms with Crippen molar-refractivity contribution in [3.8, 4) is 0 Å². The summed E-state index contributed by atoms with van der Waals surface area (Å²) >= 11 is 6.59. The van der Waals surface area contributed by atoms with E-state index in [1.165, 1.54) is 80.8 Å². The van der Waals surface area contributed by atoms with Crippen LogP contribution in [0.1, 0.15) is 57.8 Å². The smallest absolute Gasteiger partial charge is 0.0166 e. The summed E-state index contributed by atoms with van der Waals surface area (Å²) in [6.45, 7) is 0. The lowest BCUT2D eigenvalue weighted by molar-refractivity contribution is 0.586. The SMILES string of the molecule is C1CCC(C2CCCCS2)SC1.C1CCSCC1. The molecule has 0 saturated carbocycles. The van der Waals surface area contributed by atoms with Gasteiger partial charge in [-0.25, -0.2) is 0 Å². The van der Waals surface area contributed by atoms with Gasteiger partial charge in [-0.1, -0.05) is 19.3 Å². The molecule has 0 bridgehead atoms. The Balaban J connectivity index is 0.000000169. The molecule has 3 saturated heterocycles. The Kier molecular flexibility index (Phi) is 8.47. The van der Waals surface area contributed by atoms with Crippen LogP contribution in [0.25, 0.3) is 0 Å². The van der Waals surface area contributed by atoms with E-state index in [1.807, 2.05) is 0 Å². The first-order valence-electron chi connectivity index (χ1n) is 7.78. The van der Waals surface area contributed by atoms with Crippen LogP contribution in [0.5, 0.6) is 0 Å². The molecule has 0 spiro atoms. The first kappa shape index (κ1) is 15.4. The Morgan fingerprint density at radius 2 is 1.00 bits per heavy atom. The Labute approximate surface area is 126 Å². The molecule has 0 aromatic rings. The Morgan fingerprint density at radius 1 is 0.500 bits per heavy atom. The van der Waals surface area contributed by atoms with Gasteiger partial charge in [-0.05, 0) is 61.5 Å². The van der Waals surface area contributed by atoms with Crippen molar-refractivity contribution in [2.45, 2.75) is 68.3 Å². The molecule has 106 valence electrons. The number of thioether (sulfide) groups is 3. The maximum atomic E-state index is 2.25. The van der Waals surface area contributed by atoms with Crippen LogP contribution in [0.3, 0.4) is 0 Å². The van der Waals surface area contributed by atoms with Crippen LogP contribution in [-0.4, -0.2) is 33.5 Å². The van der Waals surface area contributed by atoms with Gasteiger partial charge in [-0.2, -0.15) is 35.3 Å². The first-order chi connectivity index (χ1) is 8.97. The molecule has 0 amide bonds. The van der Waals surface area contributed by atoms with Crippen molar-refractivity contribution >= 4 is 35.3 Å². The molecule has 3 heterocycles. The van der Waals surface area contributed by atoms with E-state index in [0.717, 1.165) is 10.5 Å². The summed E-state index contributed by atoms with van der Waals surface area (Å²) in [4.78, 5) is 0. The maximum absolute atomic E-state index is 2.25. The van der Waals surface area contributed by atoms with Crippen molar-refractivity contribution in [1.82, 2.24) is 0 Å². The molecule has 2 atom stereocenters. The van der Waals surface area contributed by atoms with E-state index in [9.17, 15) is 0 Å². The summed E-state index contributed by atoms with van der Waals surface area (Å²) < 4.78 is 0. The molecule has 0 aromatic heterocycles. The van der Waals surface area contributed by atoms with Gasteiger partial charge in [-0.3, -0.25) is 0 Å². The Bertz CT molecular complexity index is 164. The van der Waals surface area contributed by atoms with Crippen LogP contribution in [0.2, 0.25) is 0 Å². The highest BCUT2D eigenvalue weighted by molar-refractivity contribution is 8.03. The van der Waals surface area contributed by atoms with Crippen molar-refractivity contribution in [2.24, 2.45) is 0 Å². The molecule has 0 radical (unpaired) electrons. The van der Waals surface area contributed by atoms with E-state index >= 15 is 0 Å². The number of hydrogen-bond donors (Lipinski definition) is 0. The van der Waals surface area contributed by atoms with Crippen molar-refractivity contribution in [1.29, 1.82) is 0 Å². The van der Waals surface area contributed by atoms with Crippen LogP contribution < -0.4 is 0 Å². The van der Waals surface area contributed by atoms with E-state index in [2.05, 4.69) is 35.3 Å². The zero-order valence-corrected chi connectivity index (χ0v) is 14.0. The third-order valence-electron chi connectivity index (χ3n) is 3.92. The fourth-order valence-electron chi connectivity index (χ4n) is 2.80. The van der Waals surface area contributed by atoms with Crippen molar-refractivity contribution in [3.63, 3.8) is 0 Å². The summed E-state index contributed by atoms with van der Waals surface area (Å²) in [5.41, 5.74) is 0. The van der Waals surface area contributed by atoms with Gasteiger partial charge in [-0.15, -0.1) is 0 Å². The van der Waals surface area contributed by atoms with Crippen LogP contribution in [0.15, 0.2) is 0 Å². The molecule has 3 fully saturated rings. The summed E-state index contributed by atoms with van der Waals surface area (Å²) in [6, 6.07) is 0. The van der Waals surface area contributed by atoms with Crippen molar-refractivity contribution in [2.75, 3.05) is 23.0 Å². The summed E-state index contributed by atoms with van der Waals surface area (Å²) in [5, 5.41) is 2.04. The number of rotatable bonds is 1. The average molecular weight is 305 g/mol. The molecule has 0 aromatic carbocycles. The molecule has 0 aliphatic carbocycles. The normalized spacial score (nSPS) is 33.3. The summed E-state index contributed by atoms with van der Waals surface area (Å²) in [6.07, 6.45) is 13.3. The molecule has 18 heavy (non-hydrogen) atoms. The van der Waals surface area contributed by atoms with Gasteiger partial charge in [0.25, 0.3) is 0 Å². The van der Waals surface area contributed by atoms with Crippen molar-refractivity contribution in [3.05, 3.63) is 0 Å². The Morgan fingerprint density at radius 3 is 1.28 bits per heavy atom. The minimum absolute atomic E-state index is 1.02. The van der Waals surface area contributed by atoms with Crippen LogP contribution in [0, 0.1) is 0 Å². The second-order valence-electron chi connectivity index (χ2n) is 5.48. The minimum atomic E-state index is 1.02. The molecule has 3 aliphatic rings. The van der Waals surface area contributed by atoms with Gasteiger partial charge in [0.1, 0.15) is 0 Å². The molecule has 0 nitrogen and oxygen atoms in total. The van der Waals surface area contributed by atoms with E-state index in [0.29, 0.717) is 0 Å². The van der Waals surface area contributed by atoms with Crippen LogP contribution >= 0.6 is 35.3 Å². The number of hydrogen-bond acceptors (Lipinski definition) is 3. The Hall–Kier alpha value is 1.05. The lowest BCUT2D eigenvalue weighted by Gasteiger charge is -2.31. The highest BCUT2D eigenvalue weighted by Gasteiger charge is 2.25. The highest BCUT2D eigenvalue weighted by atomic mass is 32.2. The second-order valence-corrected chi connectivity index (χ2v) is 9.40. The fourth-order valence-corrected chi connectivity index (χ4v) is 7.01. The zero-order chi connectivity index (χ0) is 12.5. The van der Waals surface area contributed by atoms with Gasteiger partial charge in [0.05, 0.1) is 0 Å². The zero-order valence-electron chi connectivity index (χ0n) is 11.6. The van der Waals surface area contributed by atoms with E-state index in [4.69, 9.17) is 0 Å². The molecule has 3 heteroatoms. The predicted octanol–water partition coefficient (Wildman–Crippen LogP) is 5.46. The van der Waals surface area contributed by atoms with Crippen LogP contribution in [-0.2, 0) is 0 Å². The van der Waals surface area contributed by atoms with Crippen molar-refractivity contribution < 1.29 is 0 Å². The third kappa shape index (κ3) is 6.00. The van der Waals surface area contributed by atoms with Gasteiger partial charge in [0.15, 0.2) is 0 Å². The van der Waals surface area contributed by atoms with Gasteiger partial charge < -0.3 is 0 Å². The van der Waals surface area contributed by atoms with E-state index < -0.39 is 0 Å². The van der Waals surface area contributed by atoms with E-state index in [-0.39, 0.29) is 0 Å². The van der Waals surface area contributed by atoms with Gasteiger partial charge in [0, 0.05) is 10.5 Å². The largest absolute Gasteiger partial charge is 0.162 e. The fraction of sp³-hybridized carbons (Fsp3) is 1.00. The molecule has 3 rings (SSSR count). The summed E-state index contributed by atoms with van der Waals surface area (Å²) in [7, 11) is 0. The molecule has 3 aliphatic heterocycles. The lowest BCUT2D eigenvalue weighted by Crippen LogP contribution is -2.25. The predicted molar refractivity (Wildman–Crippen MR) is 91.4 cm³/mol. The lowest BCUT2D eigenvalue weighted by atomic mass is 10.1. The van der Waals surface area contributed by atoms with Gasteiger partial charge in [0.2, 0.25) is 0 Å². The highest BCUT2D eigenvalue weighted by Crippen LogP contribution is 2.38. The topological polar surface area (TPSA) is 0 Å². The maximum Gasteiger partial charge on any atom is 0.0166 e. The van der Waals surface area contributed by atoms with Crippen LogP contribution in [0.4, 0.5) is 0 Å². The standard InChI is InChI=1S/C10H18S2.C5H10S/c1-3-7-11-9(5-1)10-6-2-4-8-12-10;1-2-4-6-5-3-1/h9-10H,1-8H2;1-5H2. The molecule has 0 N–H and O–H groups in total. The van der Waals surface area contributed by atoms with E-state index in [1.54, 1.807) is 0 Å². The minimum Gasteiger partial charge on any atom is -0.162 e. The molecular weight excluding hydrogens is 276 g/mol. The second kappa shape index (κ2) is 9.88. The molecular formula is C15H28S3. The third-order valence-corrected chi connectivity index (χ3v) is 8.28. The average Bonchev–Trinajstić information content (AvgIpc) is 2.51. The summed E-state index contributed by atoms with van der Waals surface area (Å²) in [5.74, 6) is 5.70.